The highest BCUT2D eigenvalue weighted by Gasteiger charge is 2.39. The number of aliphatic hydroxyl groups is 1. The Morgan fingerprint density at radius 3 is 2.50 bits per heavy atom. The van der Waals surface area contributed by atoms with Gasteiger partial charge in [0.05, 0.1) is 0 Å². The van der Waals surface area contributed by atoms with Crippen molar-refractivity contribution in [3.05, 3.63) is 34.9 Å². The van der Waals surface area contributed by atoms with Crippen LogP contribution in [0.4, 0.5) is 13.2 Å². The molecule has 1 aromatic rings. The molecule has 0 spiro atoms. The third kappa shape index (κ3) is 4.15. The first-order valence-electron chi connectivity index (χ1n) is 5.42. The molecule has 0 fully saturated rings. The summed E-state index contributed by atoms with van der Waals surface area (Å²) >= 11 is 5.82. The average Bonchev–Trinajstić information content (AvgIpc) is 2.26. The van der Waals surface area contributed by atoms with Crippen molar-refractivity contribution >= 4 is 11.6 Å². The lowest BCUT2D eigenvalue weighted by molar-refractivity contribution is -0.208. The molecule has 0 amide bonds. The van der Waals surface area contributed by atoms with E-state index in [4.69, 9.17) is 16.7 Å². The number of nitrogens with zero attached hydrogens (tertiary/aromatic N) is 1. The average molecular weight is 282 g/mol. The molecule has 102 valence electrons. The Kier molecular flexibility index (Phi) is 5.01. The first kappa shape index (κ1) is 15.3. The fourth-order valence-electron chi connectivity index (χ4n) is 1.56. The summed E-state index contributed by atoms with van der Waals surface area (Å²) in [5.74, 6) is 0. The lowest BCUT2D eigenvalue weighted by atomic mass is 10.1. The zero-order valence-corrected chi connectivity index (χ0v) is 10.8. The van der Waals surface area contributed by atoms with Crippen LogP contribution in [0.25, 0.3) is 0 Å². The summed E-state index contributed by atoms with van der Waals surface area (Å²) in [6.45, 7) is 1.28. The fourth-order valence-corrected chi connectivity index (χ4v) is 1.75. The van der Waals surface area contributed by atoms with E-state index in [1.807, 2.05) is 0 Å². The molecule has 0 bridgehead atoms. The van der Waals surface area contributed by atoms with Crippen LogP contribution in [0, 0.1) is 0 Å². The molecule has 0 aliphatic heterocycles. The largest absolute Gasteiger partial charge is 0.415 e. The maximum absolute atomic E-state index is 12.2. The second-order valence-electron chi connectivity index (χ2n) is 4.23. The summed E-state index contributed by atoms with van der Waals surface area (Å²) in [7, 11) is 1.53. The van der Waals surface area contributed by atoms with Crippen molar-refractivity contribution in [1.82, 2.24) is 4.90 Å². The Morgan fingerprint density at radius 2 is 2.00 bits per heavy atom. The Labute approximate surface area is 109 Å². The molecule has 18 heavy (non-hydrogen) atoms. The van der Waals surface area contributed by atoms with Gasteiger partial charge in [0, 0.05) is 17.6 Å². The van der Waals surface area contributed by atoms with Gasteiger partial charge in [-0.1, -0.05) is 23.7 Å². The van der Waals surface area contributed by atoms with Gasteiger partial charge in [-0.3, -0.25) is 4.90 Å². The van der Waals surface area contributed by atoms with E-state index in [1.54, 1.807) is 31.2 Å². The molecule has 0 aromatic heterocycles. The SMILES string of the molecule is CC(c1cccc(Cl)c1)N(C)CC(O)C(F)(F)F. The summed E-state index contributed by atoms with van der Waals surface area (Å²) in [5.41, 5.74) is 0.805. The van der Waals surface area contributed by atoms with Crippen molar-refractivity contribution in [2.75, 3.05) is 13.6 Å². The van der Waals surface area contributed by atoms with Gasteiger partial charge in [0.25, 0.3) is 0 Å². The number of rotatable bonds is 4. The third-order valence-corrected chi connectivity index (χ3v) is 3.07. The molecule has 1 rings (SSSR count). The van der Waals surface area contributed by atoms with Gasteiger partial charge in [0.2, 0.25) is 0 Å². The van der Waals surface area contributed by atoms with Crippen LogP contribution in [0.15, 0.2) is 24.3 Å². The van der Waals surface area contributed by atoms with Gasteiger partial charge >= 0.3 is 6.18 Å². The quantitative estimate of drug-likeness (QED) is 0.916. The van der Waals surface area contributed by atoms with E-state index in [1.165, 1.54) is 11.9 Å². The van der Waals surface area contributed by atoms with Crippen molar-refractivity contribution in [2.24, 2.45) is 0 Å². The second kappa shape index (κ2) is 5.91. The molecule has 0 saturated heterocycles. The van der Waals surface area contributed by atoms with Gasteiger partial charge in [0.1, 0.15) is 0 Å². The molecule has 0 aliphatic carbocycles. The maximum atomic E-state index is 12.2. The van der Waals surface area contributed by atoms with Crippen LogP contribution in [0.5, 0.6) is 0 Å². The van der Waals surface area contributed by atoms with Crippen LogP contribution in [-0.2, 0) is 0 Å². The van der Waals surface area contributed by atoms with Crippen molar-refractivity contribution in [3.8, 4) is 0 Å². The fraction of sp³-hybridized carbons (Fsp3) is 0.500. The predicted molar refractivity (Wildman–Crippen MR) is 64.6 cm³/mol. The van der Waals surface area contributed by atoms with Crippen LogP contribution < -0.4 is 0 Å². The summed E-state index contributed by atoms with van der Waals surface area (Å²) < 4.78 is 36.7. The Morgan fingerprint density at radius 1 is 1.39 bits per heavy atom. The summed E-state index contributed by atoms with van der Waals surface area (Å²) in [4.78, 5) is 1.43. The van der Waals surface area contributed by atoms with Crippen LogP contribution in [0.3, 0.4) is 0 Å². The molecule has 0 saturated carbocycles. The minimum Gasteiger partial charge on any atom is -0.382 e. The molecule has 1 aromatic carbocycles. The van der Waals surface area contributed by atoms with E-state index >= 15 is 0 Å². The van der Waals surface area contributed by atoms with Gasteiger partial charge in [-0.25, -0.2) is 0 Å². The topological polar surface area (TPSA) is 23.5 Å². The number of halogens is 4. The molecule has 6 heteroatoms. The van der Waals surface area contributed by atoms with Gasteiger partial charge < -0.3 is 5.11 Å². The third-order valence-electron chi connectivity index (χ3n) is 2.83. The summed E-state index contributed by atoms with van der Waals surface area (Å²) in [5, 5.41) is 9.55. The molecule has 2 nitrogen and oxygen atoms in total. The normalized spacial score (nSPS) is 15.8. The summed E-state index contributed by atoms with van der Waals surface area (Å²) in [6, 6.07) is 6.65. The van der Waals surface area contributed by atoms with Crippen molar-refractivity contribution < 1.29 is 18.3 Å². The number of benzene rings is 1. The smallest absolute Gasteiger partial charge is 0.382 e. The van der Waals surface area contributed by atoms with Gasteiger partial charge in [-0.15, -0.1) is 0 Å². The molecule has 2 atom stereocenters. The highest BCUT2D eigenvalue weighted by atomic mass is 35.5. The van der Waals surface area contributed by atoms with Gasteiger partial charge in [-0.2, -0.15) is 13.2 Å². The van der Waals surface area contributed by atoms with Crippen LogP contribution in [0.2, 0.25) is 5.02 Å². The van der Waals surface area contributed by atoms with E-state index in [0.29, 0.717) is 5.02 Å². The zero-order chi connectivity index (χ0) is 13.9. The van der Waals surface area contributed by atoms with Crippen molar-refractivity contribution in [1.29, 1.82) is 0 Å². The zero-order valence-electron chi connectivity index (χ0n) is 10.1. The molecule has 0 heterocycles. The van der Waals surface area contributed by atoms with E-state index in [-0.39, 0.29) is 6.04 Å². The van der Waals surface area contributed by atoms with Crippen LogP contribution in [0.1, 0.15) is 18.5 Å². The van der Waals surface area contributed by atoms with Crippen molar-refractivity contribution in [3.63, 3.8) is 0 Å². The highest BCUT2D eigenvalue weighted by molar-refractivity contribution is 6.30. The van der Waals surface area contributed by atoms with E-state index < -0.39 is 18.8 Å². The molecule has 0 radical (unpaired) electrons. The standard InChI is InChI=1S/C12H15ClF3NO/c1-8(9-4-3-5-10(13)6-9)17(2)7-11(18)12(14,15)16/h3-6,8,11,18H,7H2,1-2H3. The molecule has 0 aliphatic rings. The molecule has 1 N–H and O–H groups in total. The van der Waals surface area contributed by atoms with Gasteiger partial charge in [0.15, 0.2) is 6.10 Å². The number of alkyl halides is 3. The van der Waals surface area contributed by atoms with E-state index in [2.05, 4.69) is 0 Å². The lowest BCUT2D eigenvalue weighted by Gasteiger charge is -2.28. The van der Waals surface area contributed by atoms with Crippen LogP contribution in [-0.4, -0.2) is 35.9 Å². The van der Waals surface area contributed by atoms with E-state index in [9.17, 15) is 13.2 Å². The number of likely N-dealkylation sites (N-methyl/N-ethyl adjacent to an activating group) is 1. The molecule has 2 unspecified atom stereocenters. The minimum atomic E-state index is -4.59. The molecular formula is C12H15ClF3NO. The Hall–Kier alpha value is -0.780. The Balaban J connectivity index is 2.70. The Bertz CT molecular complexity index is 397. The van der Waals surface area contributed by atoms with Gasteiger partial charge in [-0.05, 0) is 31.7 Å². The number of aliphatic hydroxyl groups excluding tert-OH is 1. The second-order valence-corrected chi connectivity index (χ2v) is 4.66. The minimum absolute atomic E-state index is 0.263. The van der Waals surface area contributed by atoms with Crippen molar-refractivity contribution in [2.45, 2.75) is 25.2 Å². The number of hydrogen-bond donors (Lipinski definition) is 1. The lowest BCUT2D eigenvalue weighted by Crippen LogP contribution is -2.40. The summed E-state index contributed by atoms with van der Waals surface area (Å²) in [6.07, 6.45) is -6.94. The highest BCUT2D eigenvalue weighted by Crippen LogP contribution is 2.25. The first-order chi connectivity index (χ1) is 8.21. The predicted octanol–water partition coefficient (Wildman–Crippen LogP) is 3.26. The maximum Gasteiger partial charge on any atom is 0.415 e. The van der Waals surface area contributed by atoms with E-state index in [0.717, 1.165) is 5.56 Å². The molecular weight excluding hydrogens is 267 g/mol. The first-order valence-corrected chi connectivity index (χ1v) is 5.80. The monoisotopic (exact) mass is 281 g/mol. The van der Waals surface area contributed by atoms with Crippen LogP contribution >= 0.6 is 11.6 Å². The number of hydrogen-bond acceptors (Lipinski definition) is 2.